The lowest BCUT2D eigenvalue weighted by atomic mass is 9.93. The van der Waals surface area contributed by atoms with Gasteiger partial charge in [-0.2, -0.15) is 0 Å². The first-order chi connectivity index (χ1) is 13.2. The molecule has 1 atom stereocenters. The van der Waals surface area contributed by atoms with Crippen molar-refractivity contribution in [3.05, 3.63) is 35.9 Å². The van der Waals surface area contributed by atoms with Crippen LogP contribution in [0.2, 0.25) is 0 Å². The minimum absolute atomic E-state index is 0.00294. The zero-order chi connectivity index (χ0) is 20.7. The number of carbonyl (C=O) groups excluding carboxylic acids is 2. The van der Waals surface area contributed by atoms with Crippen molar-refractivity contribution in [3.63, 3.8) is 0 Å². The maximum atomic E-state index is 12.9. The standard InChI is InChI=1S/C21H32N2O4S/c1-4-19(17-8-6-5-7-9-17)21(25)23-12-10-18(11-13-23)22-20(24)15-28(26,27)14-16(2)3/h5-9,16,18-19H,4,10-15H2,1-3H3,(H,22,24). The van der Waals surface area contributed by atoms with Crippen molar-refractivity contribution in [1.82, 2.24) is 10.2 Å². The number of rotatable bonds is 8. The molecule has 0 aliphatic carbocycles. The van der Waals surface area contributed by atoms with Gasteiger partial charge in [0.15, 0.2) is 9.84 Å². The summed E-state index contributed by atoms with van der Waals surface area (Å²) in [6.07, 6.45) is 2.03. The molecule has 1 aliphatic rings. The van der Waals surface area contributed by atoms with Crippen molar-refractivity contribution in [3.8, 4) is 0 Å². The van der Waals surface area contributed by atoms with Crippen LogP contribution < -0.4 is 5.32 Å². The van der Waals surface area contributed by atoms with Gasteiger partial charge in [-0.15, -0.1) is 0 Å². The summed E-state index contributed by atoms with van der Waals surface area (Å²) in [5.74, 6) is -0.905. The third kappa shape index (κ3) is 6.62. The van der Waals surface area contributed by atoms with Gasteiger partial charge in [0.25, 0.3) is 0 Å². The van der Waals surface area contributed by atoms with Crippen LogP contribution in [0.5, 0.6) is 0 Å². The number of hydrogen-bond acceptors (Lipinski definition) is 4. The molecule has 1 aromatic carbocycles. The summed E-state index contributed by atoms with van der Waals surface area (Å²) in [6.45, 7) is 6.81. The first kappa shape index (κ1) is 22.4. The number of carbonyl (C=O) groups is 2. The van der Waals surface area contributed by atoms with Crippen LogP contribution in [-0.2, 0) is 19.4 Å². The van der Waals surface area contributed by atoms with Crippen LogP contribution in [0.4, 0.5) is 0 Å². The molecule has 0 saturated carbocycles. The molecule has 28 heavy (non-hydrogen) atoms. The second-order valence-electron chi connectivity index (χ2n) is 7.99. The van der Waals surface area contributed by atoms with Crippen molar-refractivity contribution < 1.29 is 18.0 Å². The van der Waals surface area contributed by atoms with Gasteiger partial charge in [0.1, 0.15) is 5.75 Å². The number of nitrogens with one attached hydrogen (secondary N) is 1. The predicted octanol–water partition coefficient (Wildman–Crippen LogP) is 2.36. The minimum Gasteiger partial charge on any atom is -0.352 e. The molecule has 156 valence electrons. The van der Waals surface area contributed by atoms with E-state index in [4.69, 9.17) is 0 Å². The van der Waals surface area contributed by atoms with E-state index in [2.05, 4.69) is 5.32 Å². The smallest absolute Gasteiger partial charge is 0.235 e. The molecule has 0 spiro atoms. The first-order valence-electron chi connectivity index (χ1n) is 10.1. The Bertz CT molecular complexity index is 754. The van der Waals surface area contributed by atoms with Gasteiger partial charge in [-0.25, -0.2) is 8.42 Å². The van der Waals surface area contributed by atoms with E-state index in [1.807, 2.05) is 56.0 Å². The molecule has 1 aromatic rings. The van der Waals surface area contributed by atoms with Crippen LogP contribution in [0.3, 0.4) is 0 Å². The first-order valence-corrected chi connectivity index (χ1v) is 11.9. The molecule has 6 nitrogen and oxygen atoms in total. The van der Waals surface area contributed by atoms with Crippen LogP contribution in [0, 0.1) is 5.92 Å². The third-order valence-corrected chi connectivity index (χ3v) is 6.89. The summed E-state index contributed by atoms with van der Waals surface area (Å²) in [5, 5.41) is 2.83. The Hall–Kier alpha value is -1.89. The summed E-state index contributed by atoms with van der Waals surface area (Å²) in [7, 11) is -3.38. The van der Waals surface area contributed by atoms with Crippen LogP contribution >= 0.6 is 0 Å². The van der Waals surface area contributed by atoms with E-state index >= 15 is 0 Å². The average Bonchev–Trinajstić information content (AvgIpc) is 2.62. The monoisotopic (exact) mass is 408 g/mol. The second kappa shape index (κ2) is 10.0. The highest BCUT2D eigenvalue weighted by molar-refractivity contribution is 7.92. The van der Waals surface area contributed by atoms with Crippen LogP contribution in [0.15, 0.2) is 30.3 Å². The zero-order valence-corrected chi connectivity index (χ0v) is 17.9. The molecule has 1 unspecified atom stereocenters. The summed E-state index contributed by atoms with van der Waals surface area (Å²) < 4.78 is 23.9. The number of piperidine rings is 1. The molecule has 0 radical (unpaired) electrons. The molecule has 1 N–H and O–H groups in total. The summed E-state index contributed by atoms with van der Waals surface area (Å²) >= 11 is 0. The average molecular weight is 409 g/mol. The lowest BCUT2D eigenvalue weighted by Crippen LogP contribution is -2.48. The fraction of sp³-hybridized carbons (Fsp3) is 0.619. The zero-order valence-electron chi connectivity index (χ0n) is 17.1. The van der Waals surface area contributed by atoms with Crippen molar-refractivity contribution in [2.45, 2.75) is 52.0 Å². The molecular weight excluding hydrogens is 376 g/mol. The molecule has 0 bridgehead atoms. The Labute approximate surface area is 168 Å². The normalized spacial score (nSPS) is 16.8. The largest absolute Gasteiger partial charge is 0.352 e. The maximum Gasteiger partial charge on any atom is 0.235 e. The van der Waals surface area contributed by atoms with Gasteiger partial charge in [0.2, 0.25) is 11.8 Å². The van der Waals surface area contributed by atoms with Crippen LogP contribution in [0.1, 0.15) is 51.5 Å². The highest BCUT2D eigenvalue weighted by atomic mass is 32.2. The van der Waals surface area contributed by atoms with Crippen molar-refractivity contribution in [1.29, 1.82) is 0 Å². The van der Waals surface area contributed by atoms with E-state index < -0.39 is 21.5 Å². The SMILES string of the molecule is CCC(C(=O)N1CCC(NC(=O)CS(=O)(=O)CC(C)C)CC1)c1ccccc1. The lowest BCUT2D eigenvalue weighted by molar-refractivity contribution is -0.134. The molecule has 1 fully saturated rings. The highest BCUT2D eigenvalue weighted by Gasteiger charge is 2.29. The van der Waals surface area contributed by atoms with Crippen LogP contribution in [0.25, 0.3) is 0 Å². The van der Waals surface area contributed by atoms with Crippen molar-refractivity contribution in [2.75, 3.05) is 24.6 Å². The highest BCUT2D eigenvalue weighted by Crippen LogP contribution is 2.24. The van der Waals surface area contributed by atoms with E-state index in [0.29, 0.717) is 25.9 Å². The Morgan fingerprint density at radius 2 is 1.75 bits per heavy atom. The fourth-order valence-corrected chi connectivity index (χ4v) is 5.36. The Morgan fingerprint density at radius 1 is 1.14 bits per heavy atom. The van der Waals surface area contributed by atoms with Gasteiger partial charge in [-0.3, -0.25) is 9.59 Å². The van der Waals surface area contributed by atoms with Gasteiger partial charge in [-0.05, 0) is 30.7 Å². The van der Waals surface area contributed by atoms with Crippen molar-refractivity contribution >= 4 is 21.7 Å². The maximum absolute atomic E-state index is 12.9. The van der Waals surface area contributed by atoms with E-state index in [1.54, 1.807) is 0 Å². The number of likely N-dealkylation sites (tertiary alicyclic amines) is 1. The topological polar surface area (TPSA) is 83.6 Å². The number of nitrogens with zero attached hydrogens (tertiary/aromatic N) is 1. The molecule has 0 aromatic heterocycles. The molecular formula is C21H32N2O4S. The quantitative estimate of drug-likeness (QED) is 0.716. The lowest BCUT2D eigenvalue weighted by Gasteiger charge is -2.34. The molecule has 1 saturated heterocycles. The summed E-state index contributed by atoms with van der Waals surface area (Å²) in [5.41, 5.74) is 1.03. The van der Waals surface area contributed by atoms with E-state index in [9.17, 15) is 18.0 Å². The number of amides is 2. The predicted molar refractivity (Wildman–Crippen MR) is 111 cm³/mol. The van der Waals surface area contributed by atoms with Gasteiger partial charge in [0, 0.05) is 19.1 Å². The third-order valence-electron chi connectivity index (χ3n) is 5.02. The minimum atomic E-state index is -3.38. The van der Waals surface area contributed by atoms with Gasteiger partial charge < -0.3 is 10.2 Å². The molecule has 2 amide bonds. The Balaban J connectivity index is 1.85. The van der Waals surface area contributed by atoms with Gasteiger partial charge in [0.05, 0.1) is 11.7 Å². The summed E-state index contributed by atoms with van der Waals surface area (Å²) in [4.78, 5) is 26.9. The van der Waals surface area contributed by atoms with Crippen LogP contribution in [-0.4, -0.2) is 55.8 Å². The Morgan fingerprint density at radius 3 is 2.29 bits per heavy atom. The molecule has 2 rings (SSSR count). The van der Waals surface area contributed by atoms with Gasteiger partial charge in [-0.1, -0.05) is 51.1 Å². The number of hydrogen-bond donors (Lipinski definition) is 1. The molecule has 1 heterocycles. The number of benzene rings is 1. The number of sulfone groups is 1. The van der Waals surface area contributed by atoms with E-state index in [-0.39, 0.29) is 29.5 Å². The molecule has 7 heteroatoms. The fourth-order valence-electron chi connectivity index (χ4n) is 3.74. The van der Waals surface area contributed by atoms with E-state index in [1.165, 1.54) is 0 Å². The second-order valence-corrected chi connectivity index (χ2v) is 10.1. The summed E-state index contributed by atoms with van der Waals surface area (Å²) in [6, 6.07) is 9.71. The van der Waals surface area contributed by atoms with E-state index in [0.717, 1.165) is 12.0 Å². The van der Waals surface area contributed by atoms with Crippen molar-refractivity contribution in [2.24, 2.45) is 5.92 Å². The Kier molecular flexibility index (Phi) is 8.04. The molecule has 1 aliphatic heterocycles. The van der Waals surface area contributed by atoms with Gasteiger partial charge >= 0.3 is 0 Å².